The number of hydrogen-bond donors (Lipinski definition) is 1. The molecule has 0 aliphatic carbocycles. The van der Waals surface area contributed by atoms with Crippen molar-refractivity contribution < 1.29 is 4.74 Å². The molecule has 2 saturated heterocycles. The van der Waals surface area contributed by atoms with Gasteiger partial charge in [-0.1, -0.05) is 6.42 Å². The number of ether oxygens (including phenoxy) is 1. The molecule has 16 heavy (non-hydrogen) atoms. The molecule has 0 aromatic heterocycles. The van der Waals surface area contributed by atoms with Gasteiger partial charge in [0.1, 0.15) is 0 Å². The minimum absolute atomic E-state index is 0.740. The van der Waals surface area contributed by atoms with E-state index in [0.29, 0.717) is 0 Å². The molecule has 2 atom stereocenters. The molecule has 1 N–H and O–H groups in total. The van der Waals surface area contributed by atoms with E-state index in [0.717, 1.165) is 25.2 Å². The standard InChI is InChI=1S/C13H26N2O/c1-15(10-12-5-4-8-16-11-12)13-6-2-3-7-14-9-13/h12-14H,2-11H2,1H3. The first-order valence-electron chi connectivity index (χ1n) is 6.85. The van der Waals surface area contributed by atoms with Crippen LogP contribution in [-0.2, 0) is 4.74 Å². The van der Waals surface area contributed by atoms with E-state index in [1.54, 1.807) is 0 Å². The lowest BCUT2D eigenvalue weighted by Gasteiger charge is -2.32. The maximum absolute atomic E-state index is 5.55. The third-order valence-corrected chi connectivity index (χ3v) is 3.94. The van der Waals surface area contributed by atoms with Crippen LogP contribution in [0.4, 0.5) is 0 Å². The highest BCUT2D eigenvalue weighted by Gasteiger charge is 2.21. The van der Waals surface area contributed by atoms with E-state index < -0.39 is 0 Å². The lowest BCUT2D eigenvalue weighted by molar-refractivity contribution is 0.0358. The summed E-state index contributed by atoms with van der Waals surface area (Å²) in [4.78, 5) is 2.55. The van der Waals surface area contributed by atoms with Crippen molar-refractivity contribution >= 4 is 0 Å². The second kappa shape index (κ2) is 6.58. The Balaban J connectivity index is 1.74. The summed E-state index contributed by atoms with van der Waals surface area (Å²) in [5.74, 6) is 0.766. The Labute approximate surface area is 99.5 Å². The second-order valence-corrected chi connectivity index (χ2v) is 5.38. The van der Waals surface area contributed by atoms with Gasteiger partial charge in [-0.2, -0.15) is 0 Å². The van der Waals surface area contributed by atoms with Gasteiger partial charge >= 0.3 is 0 Å². The molecule has 0 aromatic carbocycles. The van der Waals surface area contributed by atoms with Crippen molar-refractivity contribution in [1.82, 2.24) is 10.2 Å². The predicted molar refractivity (Wildman–Crippen MR) is 66.7 cm³/mol. The van der Waals surface area contributed by atoms with E-state index in [2.05, 4.69) is 17.3 Å². The summed E-state index contributed by atoms with van der Waals surface area (Å²) in [6.45, 7) is 5.54. The SMILES string of the molecule is CN(CC1CCCOC1)C1CCCCNC1. The summed E-state index contributed by atoms with van der Waals surface area (Å²) < 4.78 is 5.55. The lowest BCUT2D eigenvalue weighted by atomic mass is 10.0. The van der Waals surface area contributed by atoms with Crippen LogP contribution in [0.15, 0.2) is 0 Å². The van der Waals surface area contributed by atoms with E-state index >= 15 is 0 Å². The normalized spacial score (nSPS) is 32.6. The van der Waals surface area contributed by atoms with Crippen molar-refractivity contribution in [2.45, 2.75) is 38.1 Å². The first kappa shape index (κ1) is 12.3. The van der Waals surface area contributed by atoms with Gasteiger partial charge in [0.05, 0.1) is 6.61 Å². The Morgan fingerprint density at radius 2 is 2.19 bits per heavy atom. The number of hydrogen-bond acceptors (Lipinski definition) is 3. The van der Waals surface area contributed by atoms with Gasteiger partial charge in [-0.15, -0.1) is 0 Å². The summed E-state index contributed by atoms with van der Waals surface area (Å²) in [6, 6.07) is 0.740. The Hall–Kier alpha value is -0.120. The highest BCUT2D eigenvalue weighted by Crippen LogP contribution is 2.17. The van der Waals surface area contributed by atoms with Gasteiger partial charge in [-0.05, 0) is 45.2 Å². The fourth-order valence-corrected chi connectivity index (χ4v) is 2.88. The van der Waals surface area contributed by atoms with Crippen LogP contribution in [0.3, 0.4) is 0 Å². The molecular formula is C13H26N2O. The first-order chi connectivity index (χ1) is 7.86. The molecule has 0 saturated carbocycles. The molecule has 0 aromatic rings. The van der Waals surface area contributed by atoms with Crippen molar-refractivity contribution in [2.75, 3.05) is 39.9 Å². The molecule has 2 rings (SSSR count). The van der Waals surface area contributed by atoms with Gasteiger partial charge in [-0.25, -0.2) is 0 Å². The van der Waals surface area contributed by atoms with Crippen LogP contribution in [0.2, 0.25) is 0 Å². The largest absolute Gasteiger partial charge is 0.381 e. The zero-order valence-electron chi connectivity index (χ0n) is 10.6. The molecule has 2 aliphatic rings. The molecule has 0 amide bonds. The summed E-state index contributed by atoms with van der Waals surface area (Å²) in [6.07, 6.45) is 6.68. The second-order valence-electron chi connectivity index (χ2n) is 5.38. The summed E-state index contributed by atoms with van der Waals surface area (Å²) in [5.41, 5.74) is 0. The molecule has 94 valence electrons. The van der Waals surface area contributed by atoms with Gasteiger partial charge in [0.2, 0.25) is 0 Å². The molecule has 2 aliphatic heterocycles. The molecule has 2 unspecified atom stereocenters. The molecule has 3 nitrogen and oxygen atoms in total. The maximum atomic E-state index is 5.55. The minimum Gasteiger partial charge on any atom is -0.381 e. The smallest absolute Gasteiger partial charge is 0.0506 e. The topological polar surface area (TPSA) is 24.5 Å². The van der Waals surface area contributed by atoms with E-state index in [1.807, 2.05) is 0 Å². The van der Waals surface area contributed by atoms with Crippen LogP contribution in [-0.4, -0.2) is 50.8 Å². The fraction of sp³-hybridized carbons (Fsp3) is 1.00. The third kappa shape index (κ3) is 3.72. The number of nitrogens with one attached hydrogen (secondary N) is 1. The monoisotopic (exact) mass is 226 g/mol. The number of nitrogens with zero attached hydrogens (tertiary/aromatic N) is 1. The zero-order chi connectivity index (χ0) is 11.2. The van der Waals surface area contributed by atoms with E-state index in [9.17, 15) is 0 Å². The van der Waals surface area contributed by atoms with Crippen LogP contribution >= 0.6 is 0 Å². The van der Waals surface area contributed by atoms with Crippen LogP contribution in [0.1, 0.15) is 32.1 Å². The van der Waals surface area contributed by atoms with Gasteiger partial charge in [0, 0.05) is 25.7 Å². The molecule has 0 spiro atoms. The Morgan fingerprint density at radius 3 is 3.00 bits per heavy atom. The zero-order valence-corrected chi connectivity index (χ0v) is 10.6. The molecular weight excluding hydrogens is 200 g/mol. The quantitative estimate of drug-likeness (QED) is 0.789. The Bertz CT molecular complexity index is 184. The van der Waals surface area contributed by atoms with Gasteiger partial charge in [0.25, 0.3) is 0 Å². The average molecular weight is 226 g/mol. The average Bonchev–Trinajstić information content (AvgIpc) is 2.59. The van der Waals surface area contributed by atoms with Crippen molar-refractivity contribution in [3.05, 3.63) is 0 Å². The van der Waals surface area contributed by atoms with Crippen molar-refractivity contribution in [1.29, 1.82) is 0 Å². The van der Waals surface area contributed by atoms with Crippen LogP contribution in [0.25, 0.3) is 0 Å². The van der Waals surface area contributed by atoms with Gasteiger partial charge in [0.15, 0.2) is 0 Å². The summed E-state index contributed by atoms with van der Waals surface area (Å²) >= 11 is 0. The number of likely N-dealkylation sites (N-methyl/N-ethyl adjacent to an activating group) is 1. The van der Waals surface area contributed by atoms with Crippen LogP contribution in [0, 0.1) is 5.92 Å². The van der Waals surface area contributed by atoms with Crippen molar-refractivity contribution in [2.24, 2.45) is 5.92 Å². The maximum Gasteiger partial charge on any atom is 0.0506 e. The molecule has 2 fully saturated rings. The van der Waals surface area contributed by atoms with E-state index in [4.69, 9.17) is 4.74 Å². The Morgan fingerprint density at radius 1 is 1.25 bits per heavy atom. The first-order valence-corrected chi connectivity index (χ1v) is 6.85. The molecule has 3 heteroatoms. The highest BCUT2D eigenvalue weighted by molar-refractivity contribution is 4.77. The molecule has 0 bridgehead atoms. The predicted octanol–water partition coefficient (Wildman–Crippen LogP) is 1.49. The van der Waals surface area contributed by atoms with Gasteiger partial charge in [-0.3, -0.25) is 0 Å². The minimum atomic E-state index is 0.740. The van der Waals surface area contributed by atoms with E-state index in [-0.39, 0.29) is 0 Å². The van der Waals surface area contributed by atoms with Crippen LogP contribution < -0.4 is 5.32 Å². The lowest BCUT2D eigenvalue weighted by Crippen LogP contribution is -2.42. The summed E-state index contributed by atoms with van der Waals surface area (Å²) in [7, 11) is 2.28. The molecule has 0 radical (unpaired) electrons. The van der Waals surface area contributed by atoms with Crippen molar-refractivity contribution in [3.8, 4) is 0 Å². The Kier molecular flexibility index (Phi) is 5.07. The number of rotatable bonds is 3. The van der Waals surface area contributed by atoms with E-state index in [1.165, 1.54) is 51.7 Å². The summed E-state index contributed by atoms with van der Waals surface area (Å²) in [5, 5.41) is 3.54. The van der Waals surface area contributed by atoms with Crippen LogP contribution in [0.5, 0.6) is 0 Å². The highest BCUT2D eigenvalue weighted by atomic mass is 16.5. The fourth-order valence-electron chi connectivity index (χ4n) is 2.88. The third-order valence-electron chi connectivity index (χ3n) is 3.94. The van der Waals surface area contributed by atoms with Crippen molar-refractivity contribution in [3.63, 3.8) is 0 Å². The molecule has 2 heterocycles. The van der Waals surface area contributed by atoms with Gasteiger partial charge < -0.3 is 15.0 Å².